The molecule has 1 amide bonds. The van der Waals surface area contributed by atoms with E-state index in [0.29, 0.717) is 11.5 Å². The van der Waals surface area contributed by atoms with Crippen molar-refractivity contribution >= 4 is 29.0 Å². The Bertz CT molecular complexity index is 617. The van der Waals surface area contributed by atoms with Crippen molar-refractivity contribution in [3.05, 3.63) is 42.2 Å². The van der Waals surface area contributed by atoms with E-state index in [-0.39, 0.29) is 11.6 Å². The normalized spacial score (nSPS) is 11.5. The van der Waals surface area contributed by atoms with E-state index in [1.165, 1.54) is 0 Å². The lowest BCUT2D eigenvalue weighted by atomic mass is 10.3. The summed E-state index contributed by atoms with van der Waals surface area (Å²) >= 11 is 5.55. The first-order valence-electron chi connectivity index (χ1n) is 5.45. The third-order valence-electron chi connectivity index (χ3n) is 2.37. The Kier molecular flexibility index (Phi) is 3.82. The summed E-state index contributed by atoms with van der Waals surface area (Å²) in [6.07, 6.45) is 1.66. The van der Waals surface area contributed by atoms with Crippen molar-refractivity contribution in [1.29, 1.82) is 0 Å². The van der Waals surface area contributed by atoms with Gasteiger partial charge in [-0.25, -0.2) is 9.67 Å². The molecule has 0 radical (unpaired) electrons. The fraction of sp³-hybridized carbons (Fsp3) is 0.0833. The summed E-state index contributed by atoms with van der Waals surface area (Å²) in [5.74, 6) is -0.0255. The van der Waals surface area contributed by atoms with Crippen LogP contribution >= 0.6 is 11.6 Å². The molecule has 6 nitrogen and oxygen atoms in total. The van der Waals surface area contributed by atoms with Crippen LogP contribution in [0.4, 0.5) is 5.69 Å². The quantitative estimate of drug-likeness (QED) is 0.499. The zero-order chi connectivity index (χ0) is 13.8. The zero-order valence-electron chi connectivity index (χ0n) is 9.95. The van der Waals surface area contributed by atoms with Crippen LogP contribution in [-0.2, 0) is 0 Å². The van der Waals surface area contributed by atoms with Crippen LogP contribution in [0.5, 0.6) is 0 Å². The molecule has 0 saturated heterocycles. The SMILES string of the molecule is NC(=O)c1ccn(-c2ccc(N=C(N)CCl)cc2)n1. The van der Waals surface area contributed by atoms with Gasteiger partial charge in [-0.1, -0.05) is 0 Å². The van der Waals surface area contributed by atoms with Crippen molar-refractivity contribution < 1.29 is 4.79 Å². The second kappa shape index (κ2) is 5.53. The van der Waals surface area contributed by atoms with Gasteiger partial charge in [0.05, 0.1) is 17.3 Å². The standard InChI is InChI=1S/C12H12ClN5O/c13-7-11(14)16-8-1-3-9(4-2-8)18-6-5-10(17-18)12(15)19/h1-6H,7H2,(H2,14,16)(H2,15,19). The number of aliphatic imine (C=N–C) groups is 1. The molecule has 0 atom stereocenters. The minimum atomic E-state index is -0.560. The average molecular weight is 278 g/mol. The minimum Gasteiger partial charge on any atom is -0.386 e. The maximum absolute atomic E-state index is 11.0. The van der Waals surface area contributed by atoms with Crippen LogP contribution in [0, 0.1) is 0 Å². The number of carbonyl (C=O) groups is 1. The fourth-order valence-electron chi connectivity index (χ4n) is 1.47. The van der Waals surface area contributed by atoms with Gasteiger partial charge in [0.15, 0.2) is 0 Å². The number of amides is 1. The highest BCUT2D eigenvalue weighted by Gasteiger charge is 2.05. The number of alkyl halides is 1. The molecule has 0 aliphatic rings. The number of carbonyl (C=O) groups excluding carboxylic acids is 1. The van der Waals surface area contributed by atoms with E-state index >= 15 is 0 Å². The van der Waals surface area contributed by atoms with Crippen LogP contribution in [-0.4, -0.2) is 27.4 Å². The molecule has 7 heteroatoms. The van der Waals surface area contributed by atoms with Crippen LogP contribution < -0.4 is 11.5 Å². The number of benzene rings is 1. The number of hydrogen-bond acceptors (Lipinski definition) is 3. The van der Waals surface area contributed by atoms with E-state index in [1.54, 1.807) is 41.2 Å². The molecule has 0 spiro atoms. The van der Waals surface area contributed by atoms with Gasteiger partial charge in [-0.05, 0) is 30.3 Å². The molecule has 0 aliphatic heterocycles. The van der Waals surface area contributed by atoms with E-state index < -0.39 is 5.91 Å². The molecule has 19 heavy (non-hydrogen) atoms. The van der Waals surface area contributed by atoms with Crippen LogP contribution in [0.3, 0.4) is 0 Å². The number of nitrogens with zero attached hydrogens (tertiary/aromatic N) is 3. The van der Waals surface area contributed by atoms with E-state index in [0.717, 1.165) is 5.69 Å². The summed E-state index contributed by atoms with van der Waals surface area (Å²) in [7, 11) is 0. The topological polar surface area (TPSA) is 99.3 Å². The Morgan fingerprint density at radius 1 is 1.26 bits per heavy atom. The Morgan fingerprint density at radius 2 is 1.95 bits per heavy atom. The van der Waals surface area contributed by atoms with Crippen LogP contribution in [0.1, 0.15) is 10.5 Å². The van der Waals surface area contributed by atoms with Crippen LogP contribution in [0.2, 0.25) is 0 Å². The van der Waals surface area contributed by atoms with E-state index in [4.69, 9.17) is 23.1 Å². The van der Waals surface area contributed by atoms with Crippen molar-refractivity contribution in [1.82, 2.24) is 9.78 Å². The molecule has 0 aliphatic carbocycles. The maximum atomic E-state index is 11.0. The molecule has 0 unspecified atom stereocenters. The van der Waals surface area contributed by atoms with Gasteiger partial charge in [-0.2, -0.15) is 5.10 Å². The first-order valence-corrected chi connectivity index (χ1v) is 5.98. The lowest BCUT2D eigenvalue weighted by Crippen LogP contribution is -2.12. The first kappa shape index (κ1) is 13.1. The fourth-order valence-corrected chi connectivity index (χ4v) is 1.53. The number of aromatic nitrogens is 2. The molecular formula is C12H12ClN5O. The van der Waals surface area contributed by atoms with E-state index in [9.17, 15) is 4.79 Å². The zero-order valence-corrected chi connectivity index (χ0v) is 10.7. The number of amidine groups is 1. The Balaban J connectivity index is 2.24. The molecule has 1 heterocycles. The third kappa shape index (κ3) is 3.11. The first-order chi connectivity index (χ1) is 9.10. The highest BCUT2D eigenvalue weighted by atomic mass is 35.5. The second-order valence-electron chi connectivity index (χ2n) is 3.76. The molecule has 0 fully saturated rings. The lowest BCUT2D eigenvalue weighted by Gasteiger charge is -2.02. The third-order valence-corrected chi connectivity index (χ3v) is 2.64. The minimum absolute atomic E-state index is 0.183. The largest absolute Gasteiger partial charge is 0.386 e. The molecule has 2 rings (SSSR count). The molecule has 4 N–H and O–H groups in total. The summed E-state index contributed by atoms with van der Waals surface area (Å²) < 4.78 is 1.55. The molecule has 2 aromatic rings. The second-order valence-corrected chi connectivity index (χ2v) is 4.03. The van der Waals surface area contributed by atoms with Gasteiger partial charge in [0, 0.05) is 6.20 Å². The number of rotatable bonds is 4. The predicted molar refractivity (Wildman–Crippen MR) is 74.1 cm³/mol. The van der Waals surface area contributed by atoms with Gasteiger partial charge in [-0.3, -0.25) is 4.79 Å². The van der Waals surface area contributed by atoms with Gasteiger partial charge in [0.1, 0.15) is 11.5 Å². The predicted octanol–water partition coefficient (Wildman–Crippen LogP) is 1.20. The highest BCUT2D eigenvalue weighted by molar-refractivity contribution is 6.28. The Labute approximate surface area is 114 Å². The molecule has 1 aromatic heterocycles. The van der Waals surface area contributed by atoms with Crippen LogP contribution in [0.25, 0.3) is 5.69 Å². The summed E-state index contributed by atoms with van der Waals surface area (Å²) in [6, 6.07) is 8.72. The van der Waals surface area contributed by atoms with Gasteiger partial charge in [0.25, 0.3) is 5.91 Å². The van der Waals surface area contributed by atoms with Crippen molar-refractivity contribution in [2.24, 2.45) is 16.5 Å². The van der Waals surface area contributed by atoms with Gasteiger partial charge >= 0.3 is 0 Å². The molecule has 98 valence electrons. The van der Waals surface area contributed by atoms with Gasteiger partial charge in [0.2, 0.25) is 0 Å². The van der Waals surface area contributed by atoms with Crippen molar-refractivity contribution in [2.45, 2.75) is 0 Å². The monoisotopic (exact) mass is 277 g/mol. The summed E-state index contributed by atoms with van der Waals surface area (Å²) in [4.78, 5) is 15.1. The van der Waals surface area contributed by atoms with E-state index in [2.05, 4.69) is 10.1 Å². The number of halogens is 1. The Hall–Kier alpha value is -2.34. The molecular weight excluding hydrogens is 266 g/mol. The summed E-state index contributed by atoms with van der Waals surface area (Å²) in [5, 5.41) is 4.05. The highest BCUT2D eigenvalue weighted by Crippen LogP contribution is 2.15. The molecule has 1 aromatic carbocycles. The van der Waals surface area contributed by atoms with Gasteiger partial charge in [-0.15, -0.1) is 11.6 Å². The maximum Gasteiger partial charge on any atom is 0.269 e. The number of primary amides is 1. The van der Waals surface area contributed by atoms with Crippen LogP contribution in [0.15, 0.2) is 41.5 Å². The Morgan fingerprint density at radius 3 is 2.47 bits per heavy atom. The number of nitrogens with two attached hydrogens (primary N) is 2. The van der Waals surface area contributed by atoms with Crippen molar-refractivity contribution in [3.8, 4) is 5.69 Å². The lowest BCUT2D eigenvalue weighted by molar-refractivity contribution is 0.0995. The van der Waals surface area contributed by atoms with Crippen molar-refractivity contribution in [3.63, 3.8) is 0 Å². The van der Waals surface area contributed by atoms with Crippen molar-refractivity contribution in [2.75, 3.05) is 5.88 Å². The summed E-state index contributed by atoms with van der Waals surface area (Å²) in [5.41, 5.74) is 12.4. The molecule has 0 saturated carbocycles. The van der Waals surface area contributed by atoms with Gasteiger partial charge < -0.3 is 11.5 Å². The average Bonchev–Trinajstić information content (AvgIpc) is 2.89. The van der Waals surface area contributed by atoms with E-state index in [1.807, 2.05) is 0 Å². The smallest absolute Gasteiger partial charge is 0.269 e. The summed E-state index contributed by atoms with van der Waals surface area (Å²) in [6.45, 7) is 0. The number of hydrogen-bond donors (Lipinski definition) is 2. The molecule has 0 bridgehead atoms.